The van der Waals surface area contributed by atoms with E-state index in [0.717, 1.165) is 12.8 Å². The maximum atomic E-state index is 6.73. The number of rotatable bonds is 5. The van der Waals surface area contributed by atoms with E-state index in [1.807, 2.05) is 0 Å². The third kappa shape index (κ3) is 4.56. The van der Waals surface area contributed by atoms with Gasteiger partial charge in [-0.2, -0.15) is 5.06 Å². The Morgan fingerprint density at radius 3 is 2.11 bits per heavy atom. The second kappa shape index (κ2) is 8.23. The molecule has 1 fully saturated rings. The van der Waals surface area contributed by atoms with E-state index >= 15 is 0 Å². The Kier molecular flexibility index (Phi) is 6.12. The summed E-state index contributed by atoms with van der Waals surface area (Å²) in [6.07, 6.45) is 5.80. The number of hydrogen-bond donors (Lipinski definition) is 0. The van der Waals surface area contributed by atoms with Gasteiger partial charge >= 0.3 is 0 Å². The average molecular weight is 378 g/mol. The predicted octanol–water partition coefficient (Wildman–Crippen LogP) is 6.90. The lowest BCUT2D eigenvalue weighted by Crippen LogP contribution is -2.59. The molecule has 2 aromatic carbocycles. The summed E-state index contributed by atoms with van der Waals surface area (Å²) < 4.78 is 0. The number of benzene rings is 2. The van der Waals surface area contributed by atoms with Gasteiger partial charge in [0, 0.05) is 11.1 Å². The highest BCUT2D eigenvalue weighted by Gasteiger charge is 2.43. The maximum Gasteiger partial charge on any atom is 0.102 e. The standard InChI is InChI=1S/C26H35NO/c1-20-13-10-11-16-23(20)24(19-22-14-8-7-9-15-22)21(2)28-27-25(3,4)17-12-18-26(27,5)6/h7-11,13-16,19,21H,12,17-18H2,1-6H3/b24-19-. The van der Waals surface area contributed by atoms with Crippen LogP contribution in [0.5, 0.6) is 0 Å². The third-order valence-corrected chi connectivity index (χ3v) is 5.96. The molecule has 1 unspecified atom stereocenters. The molecule has 3 rings (SSSR count). The van der Waals surface area contributed by atoms with Gasteiger partial charge in [0.15, 0.2) is 0 Å². The van der Waals surface area contributed by atoms with Crippen LogP contribution in [0.3, 0.4) is 0 Å². The molecule has 0 bridgehead atoms. The minimum absolute atomic E-state index is 0.0274. The molecule has 0 radical (unpaired) electrons. The zero-order valence-corrected chi connectivity index (χ0v) is 18.3. The molecule has 0 spiro atoms. The van der Waals surface area contributed by atoms with Crippen molar-refractivity contribution in [3.05, 3.63) is 71.3 Å². The van der Waals surface area contributed by atoms with Gasteiger partial charge in [0.05, 0.1) is 0 Å². The van der Waals surface area contributed by atoms with E-state index in [4.69, 9.17) is 4.84 Å². The lowest BCUT2D eigenvalue weighted by molar-refractivity contribution is -0.291. The SMILES string of the molecule is Cc1ccccc1/C(=C\c1ccccc1)C(C)ON1C(C)(C)CCCC1(C)C. The van der Waals surface area contributed by atoms with Crippen LogP contribution in [0.4, 0.5) is 0 Å². The Hall–Kier alpha value is -1.90. The van der Waals surface area contributed by atoms with Crippen LogP contribution in [-0.2, 0) is 4.84 Å². The lowest BCUT2D eigenvalue weighted by atomic mass is 9.82. The summed E-state index contributed by atoms with van der Waals surface area (Å²) in [5.74, 6) is 0. The summed E-state index contributed by atoms with van der Waals surface area (Å²) in [6, 6.07) is 19.1. The lowest BCUT2D eigenvalue weighted by Gasteiger charge is -2.52. The smallest absolute Gasteiger partial charge is 0.102 e. The van der Waals surface area contributed by atoms with Gasteiger partial charge in [0.2, 0.25) is 0 Å². The molecule has 2 heteroatoms. The molecular formula is C26H35NO. The number of hydroxylamine groups is 2. The molecule has 0 aromatic heterocycles. The topological polar surface area (TPSA) is 12.5 Å². The van der Waals surface area contributed by atoms with Crippen molar-refractivity contribution >= 4 is 11.6 Å². The Morgan fingerprint density at radius 2 is 1.50 bits per heavy atom. The summed E-state index contributed by atoms with van der Waals surface area (Å²) in [7, 11) is 0. The van der Waals surface area contributed by atoms with Crippen LogP contribution >= 0.6 is 0 Å². The molecule has 1 heterocycles. The number of nitrogens with zero attached hydrogens (tertiary/aromatic N) is 1. The maximum absolute atomic E-state index is 6.73. The minimum atomic E-state index is -0.0436. The first-order valence-corrected chi connectivity index (χ1v) is 10.5. The zero-order valence-electron chi connectivity index (χ0n) is 18.3. The quantitative estimate of drug-likeness (QED) is 0.526. The second-order valence-electron chi connectivity index (χ2n) is 9.35. The Bertz CT molecular complexity index is 803. The molecule has 2 nitrogen and oxygen atoms in total. The van der Waals surface area contributed by atoms with Crippen molar-refractivity contribution < 1.29 is 4.84 Å². The van der Waals surface area contributed by atoms with Gasteiger partial charge in [-0.25, -0.2) is 0 Å². The monoisotopic (exact) mass is 377 g/mol. The van der Waals surface area contributed by atoms with Gasteiger partial charge in [-0.05, 0) is 89.1 Å². The molecule has 1 aliphatic rings. The second-order valence-corrected chi connectivity index (χ2v) is 9.35. The fourth-order valence-corrected chi connectivity index (χ4v) is 4.52. The summed E-state index contributed by atoms with van der Waals surface area (Å²) in [4.78, 5) is 6.73. The fourth-order valence-electron chi connectivity index (χ4n) is 4.52. The van der Waals surface area contributed by atoms with E-state index < -0.39 is 0 Å². The van der Waals surface area contributed by atoms with Crippen LogP contribution in [0.1, 0.15) is 70.6 Å². The molecule has 2 aromatic rings. The van der Waals surface area contributed by atoms with Gasteiger partial charge in [-0.3, -0.25) is 4.84 Å². The highest BCUT2D eigenvalue weighted by atomic mass is 16.7. The molecule has 0 aliphatic carbocycles. The van der Waals surface area contributed by atoms with E-state index in [1.54, 1.807) is 0 Å². The van der Waals surface area contributed by atoms with Crippen LogP contribution in [0.25, 0.3) is 11.6 Å². The van der Waals surface area contributed by atoms with Gasteiger partial charge < -0.3 is 0 Å². The minimum Gasteiger partial charge on any atom is -0.290 e. The Morgan fingerprint density at radius 1 is 0.929 bits per heavy atom. The van der Waals surface area contributed by atoms with Crippen molar-refractivity contribution in [3.63, 3.8) is 0 Å². The van der Waals surface area contributed by atoms with Crippen LogP contribution in [-0.4, -0.2) is 22.2 Å². The van der Waals surface area contributed by atoms with Crippen LogP contribution in [0.15, 0.2) is 54.6 Å². The Balaban J connectivity index is 1.98. The van der Waals surface area contributed by atoms with Crippen LogP contribution in [0.2, 0.25) is 0 Å². The summed E-state index contributed by atoms with van der Waals surface area (Å²) in [5.41, 5.74) is 5.01. The molecular weight excluding hydrogens is 342 g/mol. The van der Waals surface area contributed by atoms with Gasteiger partial charge in [-0.1, -0.05) is 54.6 Å². The molecule has 0 N–H and O–H groups in total. The van der Waals surface area contributed by atoms with Crippen molar-refractivity contribution in [2.75, 3.05) is 0 Å². The van der Waals surface area contributed by atoms with E-state index in [2.05, 4.69) is 107 Å². The van der Waals surface area contributed by atoms with Gasteiger partial charge in [0.1, 0.15) is 6.10 Å². The van der Waals surface area contributed by atoms with Crippen LogP contribution < -0.4 is 0 Å². The highest BCUT2D eigenvalue weighted by Crippen LogP contribution is 2.40. The Labute approximate surface area is 171 Å². The molecule has 0 amide bonds. The van der Waals surface area contributed by atoms with E-state index in [0.29, 0.717) is 0 Å². The van der Waals surface area contributed by atoms with Crippen molar-refractivity contribution in [3.8, 4) is 0 Å². The van der Waals surface area contributed by atoms with Gasteiger partial charge in [0.25, 0.3) is 0 Å². The van der Waals surface area contributed by atoms with E-state index in [1.165, 1.54) is 28.7 Å². The third-order valence-electron chi connectivity index (χ3n) is 5.96. The number of piperidine rings is 1. The zero-order chi connectivity index (χ0) is 20.4. The van der Waals surface area contributed by atoms with Crippen molar-refractivity contribution in [1.82, 2.24) is 5.06 Å². The molecule has 150 valence electrons. The normalized spacial score (nSPS) is 20.7. The predicted molar refractivity (Wildman–Crippen MR) is 120 cm³/mol. The van der Waals surface area contributed by atoms with Gasteiger partial charge in [-0.15, -0.1) is 0 Å². The van der Waals surface area contributed by atoms with Crippen molar-refractivity contribution in [1.29, 1.82) is 0 Å². The number of aryl methyl sites for hydroxylation is 1. The summed E-state index contributed by atoms with van der Waals surface area (Å²) in [6.45, 7) is 13.6. The summed E-state index contributed by atoms with van der Waals surface area (Å²) in [5, 5.41) is 2.27. The molecule has 1 aliphatic heterocycles. The molecule has 0 saturated carbocycles. The first kappa shape index (κ1) is 20.8. The van der Waals surface area contributed by atoms with Crippen molar-refractivity contribution in [2.45, 2.75) is 78.0 Å². The highest BCUT2D eigenvalue weighted by molar-refractivity contribution is 5.84. The largest absolute Gasteiger partial charge is 0.290 e. The van der Waals surface area contributed by atoms with E-state index in [9.17, 15) is 0 Å². The number of hydrogen-bond acceptors (Lipinski definition) is 2. The summed E-state index contributed by atoms with van der Waals surface area (Å²) >= 11 is 0. The first-order chi connectivity index (χ1) is 13.2. The fraction of sp³-hybridized carbons (Fsp3) is 0.462. The van der Waals surface area contributed by atoms with Crippen molar-refractivity contribution in [2.24, 2.45) is 0 Å². The average Bonchev–Trinajstić information content (AvgIpc) is 2.64. The molecule has 1 atom stereocenters. The van der Waals surface area contributed by atoms with Crippen LogP contribution in [0, 0.1) is 6.92 Å². The molecule has 1 saturated heterocycles. The molecule has 28 heavy (non-hydrogen) atoms. The van der Waals surface area contributed by atoms with E-state index in [-0.39, 0.29) is 17.2 Å². The first-order valence-electron chi connectivity index (χ1n) is 10.5.